The van der Waals surface area contributed by atoms with E-state index in [0.717, 1.165) is 32.1 Å². The van der Waals surface area contributed by atoms with Crippen molar-refractivity contribution < 1.29 is 14.6 Å². The minimum Gasteiger partial charge on any atom is -0.391 e. The van der Waals surface area contributed by atoms with E-state index >= 15 is 0 Å². The van der Waals surface area contributed by atoms with Crippen LogP contribution in [0.4, 0.5) is 0 Å². The van der Waals surface area contributed by atoms with Crippen LogP contribution in [0.3, 0.4) is 0 Å². The van der Waals surface area contributed by atoms with E-state index in [1.165, 1.54) is 0 Å². The van der Waals surface area contributed by atoms with Crippen molar-refractivity contribution in [1.82, 2.24) is 9.88 Å². The highest BCUT2D eigenvalue weighted by Gasteiger charge is 2.24. The van der Waals surface area contributed by atoms with Crippen molar-refractivity contribution in [3.8, 4) is 0 Å². The molecule has 0 bridgehead atoms. The van der Waals surface area contributed by atoms with Gasteiger partial charge in [-0.3, -0.25) is 4.79 Å². The molecule has 20 heavy (non-hydrogen) atoms. The Morgan fingerprint density at radius 1 is 1.45 bits per heavy atom. The van der Waals surface area contributed by atoms with E-state index in [0.29, 0.717) is 18.8 Å². The number of methoxy groups -OCH3 is 1. The van der Waals surface area contributed by atoms with Crippen LogP contribution in [-0.2, 0) is 11.3 Å². The van der Waals surface area contributed by atoms with Crippen LogP contribution in [0.25, 0.3) is 0 Å². The van der Waals surface area contributed by atoms with E-state index < -0.39 is 6.10 Å². The van der Waals surface area contributed by atoms with E-state index in [-0.39, 0.29) is 11.9 Å². The molecule has 1 heterocycles. The summed E-state index contributed by atoms with van der Waals surface area (Å²) in [6.45, 7) is 1.22. The zero-order chi connectivity index (χ0) is 14.4. The minimum absolute atomic E-state index is 0.114. The molecule has 0 saturated heterocycles. The van der Waals surface area contributed by atoms with E-state index in [1.54, 1.807) is 13.2 Å². The Morgan fingerprint density at radius 3 is 3.05 bits per heavy atom. The average molecular weight is 280 g/mol. The molecule has 112 valence electrons. The second-order valence-electron chi connectivity index (χ2n) is 5.36. The van der Waals surface area contributed by atoms with Crippen LogP contribution in [0.2, 0.25) is 0 Å². The van der Waals surface area contributed by atoms with Crippen molar-refractivity contribution in [2.75, 3.05) is 13.7 Å². The van der Waals surface area contributed by atoms with Gasteiger partial charge in [-0.1, -0.05) is 19.3 Å². The largest absolute Gasteiger partial charge is 0.391 e. The summed E-state index contributed by atoms with van der Waals surface area (Å²) in [5.41, 5.74) is 0.624. The van der Waals surface area contributed by atoms with E-state index in [4.69, 9.17) is 4.74 Å². The predicted octanol–water partition coefficient (Wildman–Crippen LogP) is 1.56. The van der Waals surface area contributed by atoms with Crippen molar-refractivity contribution in [2.45, 2.75) is 50.8 Å². The molecule has 0 aromatic carbocycles. The number of aliphatic hydroxyl groups is 1. The van der Waals surface area contributed by atoms with Crippen molar-refractivity contribution in [3.63, 3.8) is 0 Å². The van der Waals surface area contributed by atoms with E-state index in [2.05, 4.69) is 5.32 Å². The lowest BCUT2D eigenvalue weighted by molar-refractivity contribution is 0.0808. The fraction of sp³-hybridized carbons (Fsp3) is 0.667. The van der Waals surface area contributed by atoms with Crippen molar-refractivity contribution >= 4 is 5.91 Å². The highest BCUT2D eigenvalue weighted by Crippen LogP contribution is 2.18. The van der Waals surface area contributed by atoms with Crippen LogP contribution in [-0.4, -0.2) is 41.4 Å². The number of amides is 1. The lowest BCUT2D eigenvalue weighted by Gasteiger charge is -2.22. The molecule has 2 atom stereocenters. The predicted molar refractivity (Wildman–Crippen MR) is 76.7 cm³/mol. The van der Waals surface area contributed by atoms with Gasteiger partial charge in [-0.2, -0.15) is 0 Å². The topological polar surface area (TPSA) is 63.5 Å². The molecule has 1 saturated carbocycles. The SMILES string of the molecule is COCCn1cccc1C(=O)NC1CCCCCC1O. The Labute approximate surface area is 119 Å². The first-order chi connectivity index (χ1) is 9.72. The number of hydrogen-bond donors (Lipinski definition) is 2. The van der Waals surface area contributed by atoms with Crippen LogP contribution >= 0.6 is 0 Å². The fourth-order valence-corrected chi connectivity index (χ4v) is 2.70. The molecule has 2 unspecified atom stereocenters. The Balaban J connectivity index is 1.98. The van der Waals surface area contributed by atoms with Gasteiger partial charge in [0.15, 0.2) is 0 Å². The second kappa shape index (κ2) is 7.45. The van der Waals surface area contributed by atoms with Crippen LogP contribution in [0.5, 0.6) is 0 Å². The monoisotopic (exact) mass is 280 g/mol. The number of nitrogens with one attached hydrogen (secondary N) is 1. The van der Waals surface area contributed by atoms with Gasteiger partial charge < -0.3 is 19.7 Å². The van der Waals surface area contributed by atoms with Gasteiger partial charge in [-0.15, -0.1) is 0 Å². The number of rotatable bonds is 5. The molecule has 1 fully saturated rings. The highest BCUT2D eigenvalue weighted by atomic mass is 16.5. The van der Waals surface area contributed by atoms with Crippen LogP contribution in [0.1, 0.15) is 42.6 Å². The summed E-state index contributed by atoms with van der Waals surface area (Å²) < 4.78 is 6.92. The molecular formula is C15H24N2O3. The first kappa shape index (κ1) is 15.1. The number of ether oxygens (including phenoxy) is 1. The van der Waals surface area contributed by atoms with Crippen LogP contribution < -0.4 is 5.32 Å². The summed E-state index contributed by atoms with van der Waals surface area (Å²) in [4.78, 5) is 12.3. The van der Waals surface area contributed by atoms with E-state index in [9.17, 15) is 9.90 Å². The van der Waals surface area contributed by atoms with Crippen molar-refractivity contribution in [2.24, 2.45) is 0 Å². The number of aliphatic hydroxyl groups excluding tert-OH is 1. The smallest absolute Gasteiger partial charge is 0.268 e. The summed E-state index contributed by atoms with van der Waals surface area (Å²) in [6.07, 6.45) is 6.31. The fourth-order valence-electron chi connectivity index (χ4n) is 2.70. The molecule has 0 radical (unpaired) electrons. The minimum atomic E-state index is -0.427. The maximum absolute atomic E-state index is 12.3. The average Bonchev–Trinajstić information content (AvgIpc) is 2.82. The molecule has 2 rings (SSSR count). The molecule has 1 aromatic heterocycles. The normalized spacial score (nSPS) is 23.3. The molecule has 1 amide bonds. The maximum atomic E-state index is 12.3. The molecule has 1 aromatic rings. The molecule has 5 heteroatoms. The molecule has 0 spiro atoms. The lowest BCUT2D eigenvalue weighted by atomic mass is 10.1. The van der Waals surface area contributed by atoms with Gasteiger partial charge in [0.05, 0.1) is 18.8 Å². The first-order valence-corrected chi connectivity index (χ1v) is 7.35. The number of hydrogen-bond acceptors (Lipinski definition) is 3. The molecule has 1 aliphatic carbocycles. The molecular weight excluding hydrogens is 256 g/mol. The summed E-state index contributed by atoms with van der Waals surface area (Å²) >= 11 is 0. The molecule has 2 N–H and O–H groups in total. The summed E-state index contributed by atoms with van der Waals surface area (Å²) in [5, 5.41) is 13.0. The Bertz CT molecular complexity index is 431. The molecule has 0 aliphatic heterocycles. The Hall–Kier alpha value is -1.33. The third-order valence-electron chi connectivity index (χ3n) is 3.89. The third kappa shape index (κ3) is 3.84. The number of aromatic nitrogens is 1. The van der Waals surface area contributed by atoms with Gasteiger partial charge in [0.25, 0.3) is 5.91 Å². The number of nitrogens with zero attached hydrogens (tertiary/aromatic N) is 1. The van der Waals surface area contributed by atoms with Gasteiger partial charge in [0.2, 0.25) is 0 Å². The highest BCUT2D eigenvalue weighted by molar-refractivity contribution is 5.93. The van der Waals surface area contributed by atoms with Crippen LogP contribution in [0.15, 0.2) is 18.3 Å². The summed E-state index contributed by atoms with van der Waals surface area (Å²) in [6, 6.07) is 3.53. The summed E-state index contributed by atoms with van der Waals surface area (Å²) in [7, 11) is 1.64. The molecule has 5 nitrogen and oxygen atoms in total. The summed E-state index contributed by atoms with van der Waals surface area (Å²) in [5.74, 6) is -0.114. The lowest BCUT2D eigenvalue weighted by Crippen LogP contribution is -2.43. The zero-order valence-corrected chi connectivity index (χ0v) is 12.0. The third-order valence-corrected chi connectivity index (χ3v) is 3.89. The quantitative estimate of drug-likeness (QED) is 0.805. The zero-order valence-electron chi connectivity index (χ0n) is 12.0. The van der Waals surface area contributed by atoms with Gasteiger partial charge >= 0.3 is 0 Å². The van der Waals surface area contributed by atoms with Crippen molar-refractivity contribution in [3.05, 3.63) is 24.0 Å². The molecule has 1 aliphatic rings. The second-order valence-corrected chi connectivity index (χ2v) is 5.36. The standard InChI is InChI=1S/C15H24N2O3/c1-20-11-10-17-9-5-7-13(17)15(19)16-12-6-3-2-4-8-14(12)18/h5,7,9,12,14,18H,2-4,6,8,10-11H2,1H3,(H,16,19). The van der Waals surface area contributed by atoms with Crippen LogP contribution in [0, 0.1) is 0 Å². The Kier molecular flexibility index (Phi) is 5.61. The van der Waals surface area contributed by atoms with Gasteiger partial charge in [-0.25, -0.2) is 0 Å². The number of carbonyl (C=O) groups is 1. The van der Waals surface area contributed by atoms with Crippen molar-refractivity contribution in [1.29, 1.82) is 0 Å². The van der Waals surface area contributed by atoms with Gasteiger partial charge in [0.1, 0.15) is 5.69 Å². The Morgan fingerprint density at radius 2 is 2.25 bits per heavy atom. The van der Waals surface area contributed by atoms with Gasteiger partial charge in [0, 0.05) is 19.9 Å². The van der Waals surface area contributed by atoms with E-state index in [1.807, 2.05) is 16.8 Å². The van der Waals surface area contributed by atoms with Gasteiger partial charge in [-0.05, 0) is 25.0 Å². The maximum Gasteiger partial charge on any atom is 0.268 e. The first-order valence-electron chi connectivity index (χ1n) is 7.35. The number of carbonyl (C=O) groups excluding carboxylic acids is 1.